The Balaban J connectivity index is 2.62. The Bertz CT molecular complexity index is 1160. The second kappa shape index (κ2) is 5.87. The van der Waals surface area contributed by atoms with Crippen LogP contribution in [0.5, 0.6) is 0 Å². The molecule has 12 nitrogen and oxygen atoms in total. The van der Waals surface area contributed by atoms with Gasteiger partial charge in [0.05, 0.1) is 26.2 Å². The summed E-state index contributed by atoms with van der Waals surface area (Å²) in [5, 5.41) is 39.5. The Morgan fingerprint density at radius 3 is 2.04 bits per heavy atom. The van der Waals surface area contributed by atoms with Gasteiger partial charge in [-0.3, -0.25) is 25.0 Å². The van der Waals surface area contributed by atoms with Crippen LogP contribution >= 0.6 is 0 Å². The highest BCUT2D eigenvalue weighted by Gasteiger charge is 2.26. The van der Waals surface area contributed by atoms with Crippen molar-refractivity contribution in [2.24, 2.45) is 0 Å². The summed E-state index contributed by atoms with van der Waals surface area (Å²) in [4.78, 5) is 55.6. The van der Waals surface area contributed by atoms with Crippen LogP contribution in [0.2, 0.25) is 0 Å². The van der Waals surface area contributed by atoms with Crippen molar-refractivity contribution in [1.29, 1.82) is 0 Å². The maximum Gasteiger partial charge on any atom is 0.339 e. The number of hydrogen-bond acceptors (Lipinski definition) is 8. The summed E-state index contributed by atoms with van der Waals surface area (Å²) in [5.41, 5.74) is -5.17. The largest absolute Gasteiger partial charge is 0.478 e. The van der Waals surface area contributed by atoms with Crippen LogP contribution in [0, 0.1) is 20.2 Å². The van der Waals surface area contributed by atoms with Gasteiger partial charge in [-0.1, -0.05) is 0 Å². The van der Waals surface area contributed by atoms with Crippen molar-refractivity contribution in [2.45, 2.75) is 0 Å². The maximum absolute atomic E-state index is 12.7. The van der Waals surface area contributed by atoms with Crippen molar-refractivity contribution < 1.29 is 34.1 Å². The lowest BCUT2D eigenvalue weighted by Crippen LogP contribution is -2.09. The first-order valence-electron chi connectivity index (χ1n) is 6.95. The van der Waals surface area contributed by atoms with E-state index in [9.17, 15) is 39.7 Å². The molecule has 0 unspecified atom stereocenters. The van der Waals surface area contributed by atoms with Crippen LogP contribution in [-0.4, -0.2) is 32.0 Å². The molecule has 0 spiro atoms. The third kappa shape index (κ3) is 2.70. The van der Waals surface area contributed by atoms with Gasteiger partial charge in [-0.2, -0.15) is 0 Å². The molecule has 0 radical (unpaired) electrons. The number of hydrogen-bond donors (Lipinski definition) is 2. The Morgan fingerprint density at radius 1 is 0.889 bits per heavy atom. The lowest BCUT2D eigenvalue weighted by Gasteiger charge is -2.06. The van der Waals surface area contributed by atoms with Crippen molar-refractivity contribution in [3.8, 4) is 0 Å². The summed E-state index contributed by atoms with van der Waals surface area (Å²) in [7, 11) is 0. The molecule has 12 heteroatoms. The van der Waals surface area contributed by atoms with Gasteiger partial charge in [0.25, 0.3) is 5.69 Å². The Labute approximate surface area is 146 Å². The molecule has 3 aromatic rings. The van der Waals surface area contributed by atoms with Crippen LogP contribution in [0.25, 0.3) is 21.9 Å². The third-order valence-corrected chi connectivity index (χ3v) is 3.72. The summed E-state index contributed by atoms with van der Waals surface area (Å²) in [6.07, 6.45) is 0. The van der Waals surface area contributed by atoms with Gasteiger partial charge >= 0.3 is 17.6 Å². The first kappa shape index (κ1) is 17.5. The van der Waals surface area contributed by atoms with E-state index < -0.39 is 71.7 Å². The number of rotatable bonds is 4. The molecule has 27 heavy (non-hydrogen) atoms. The van der Waals surface area contributed by atoms with E-state index in [4.69, 9.17) is 9.52 Å². The standard InChI is InChI=1S/C15H6N2O10/c18-11-7-1-5(14(19)20)2-10(17(25)26)13(7)27-12-8(11)3-6(16(23)24)4-9(12)15(21)22/h1-4H,(H,19,20)(H,21,22). The van der Waals surface area contributed by atoms with Crippen molar-refractivity contribution in [1.82, 2.24) is 0 Å². The predicted octanol–water partition coefficient (Wildman–Crippen LogP) is 2.16. The Kier molecular flexibility index (Phi) is 3.80. The smallest absolute Gasteiger partial charge is 0.339 e. The van der Waals surface area contributed by atoms with E-state index in [1.54, 1.807) is 0 Å². The first-order valence-corrected chi connectivity index (χ1v) is 6.95. The minimum absolute atomic E-state index is 0.522. The zero-order valence-corrected chi connectivity index (χ0v) is 12.9. The molecule has 0 fully saturated rings. The van der Waals surface area contributed by atoms with Crippen LogP contribution in [0.3, 0.4) is 0 Å². The second-order valence-corrected chi connectivity index (χ2v) is 5.30. The van der Waals surface area contributed by atoms with Crippen LogP contribution in [-0.2, 0) is 0 Å². The van der Waals surface area contributed by atoms with E-state index in [0.29, 0.717) is 12.1 Å². The summed E-state index contributed by atoms with van der Waals surface area (Å²) in [5.74, 6) is -3.21. The Morgan fingerprint density at radius 2 is 1.52 bits per heavy atom. The van der Waals surface area contributed by atoms with Gasteiger partial charge in [0.2, 0.25) is 11.0 Å². The number of nitro benzene ring substituents is 2. The Hall–Kier alpha value is -4.35. The highest BCUT2D eigenvalue weighted by molar-refractivity contribution is 6.06. The van der Waals surface area contributed by atoms with Crippen molar-refractivity contribution >= 4 is 45.3 Å². The molecule has 0 saturated carbocycles. The number of nitrogens with zero attached hydrogens (tertiary/aromatic N) is 2. The van der Waals surface area contributed by atoms with E-state index in [-0.39, 0.29) is 0 Å². The predicted molar refractivity (Wildman–Crippen MR) is 87.2 cm³/mol. The number of fused-ring (bicyclic) bond motifs is 2. The first-order chi connectivity index (χ1) is 12.6. The van der Waals surface area contributed by atoms with Gasteiger partial charge in [0, 0.05) is 18.2 Å². The molecule has 0 aliphatic rings. The maximum atomic E-state index is 12.7. The van der Waals surface area contributed by atoms with E-state index >= 15 is 0 Å². The van der Waals surface area contributed by atoms with Gasteiger partial charge in [0.15, 0.2) is 5.58 Å². The minimum atomic E-state index is -1.66. The van der Waals surface area contributed by atoms with E-state index in [0.717, 1.165) is 12.1 Å². The highest BCUT2D eigenvalue weighted by Crippen LogP contribution is 2.32. The molecule has 0 aliphatic carbocycles. The zero-order valence-electron chi connectivity index (χ0n) is 12.9. The summed E-state index contributed by atoms with van der Waals surface area (Å²) in [6, 6.07) is 2.88. The van der Waals surface area contributed by atoms with Gasteiger partial charge in [-0.05, 0) is 6.07 Å². The monoisotopic (exact) mass is 374 g/mol. The molecular weight excluding hydrogens is 368 g/mol. The quantitative estimate of drug-likeness (QED) is 0.388. The zero-order chi connectivity index (χ0) is 20.0. The molecule has 0 saturated heterocycles. The average Bonchev–Trinajstić information content (AvgIpc) is 2.59. The minimum Gasteiger partial charge on any atom is -0.478 e. The van der Waals surface area contributed by atoms with E-state index in [2.05, 4.69) is 0 Å². The summed E-state index contributed by atoms with van der Waals surface area (Å²) < 4.78 is 5.24. The van der Waals surface area contributed by atoms with E-state index in [1.807, 2.05) is 0 Å². The molecule has 0 atom stereocenters. The molecular formula is C15H6N2O10. The number of nitro groups is 2. The molecule has 3 rings (SSSR count). The van der Waals surface area contributed by atoms with E-state index in [1.165, 1.54) is 0 Å². The number of carbonyl (C=O) groups is 2. The van der Waals surface area contributed by atoms with Crippen molar-refractivity contribution in [2.75, 3.05) is 0 Å². The second-order valence-electron chi connectivity index (χ2n) is 5.30. The number of carboxylic acid groups (broad SMARTS) is 2. The molecule has 136 valence electrons. The molecule has 1 heterocycles. The normalized spacial score (nSPS) is 10.8. The van der Waals surface area contributed by atoms with Crippen LogP contribution in [0.15, 0.2) is 33.5 Å². The van der Waals surface area contributed by atoms with Crippen LogP contribution < -0.4 is 5.43 Å². The molecule has 0 aliphatic heterocycles. The summed E-state index contributed by atoms with van der Waals surface area (Å²) in [6.45, 7) is 0. The van der Waals surface area contributed by atoms with Crippen LogP contribution in [0.1, 0.15) is 20.7 Å². The van der Waals surface area contributed by atoms with Crippen molar-refractivity contribution in [3.63, 3.8) is 0 Å². The number of benzene rings is 2. The number of non-ortho nitro benzene ring substituents is 2. The van der Waals surface area contributed by atoms with Crippen LogP contribution in [0.4, 0.5) is 11.4 Å². The number of carboxylic acids is 2. The fourth-order valence-corrected chi connectivity index (χ4v) is 2.55. The topological polar surface area (TPSA) is 191 Å². The highest BCUT2D eigenvalue weighted by atomic mass is 16.6. The molecule has 2 N–H and O–H groups in total. The molecule has 1 aromatic heterocycles. The number of aromatic carboxylic acids is 2. The fourth-order valence-electron chi connectivity index (χ4n) is 2.55. The summed E-state index contributed by atoms with van der Waals surface area (Å²) >= 11 is 0. The van der Waals surface area contributed by atoms with Gasteiger partial charge in [-0.25, -0.2) is 9.59 Å². The SMILES string of the molecule is O=C(O)c1cc([N+](=O)[O-])c2oc3c(C(=O)O)cc([N+](=O)[O-])cc3c(=O)c2c1. The molecule has 2 aromatic carbocycles. The lowest BCUT2D eigenvalue weighted by molar-refractivity contribution is -0.384. The molecule has 0 bridgehead atoms. The third-order valence-electron chi connectivity index (χ3n) is 3.72. The van der Waals surface area contributed by atoms with Crippen molar-refractivity contribution in [3.05, 3.63) is 65.8 Å². The lowest BCUT2D eigenvalue weighted by atomic mass is 10.0. The fraction of sp³-hybridized carbons (Fsp3) is 0. The van der Waals surface area contributed by atoms with Gasteiger partial charge < -0.3 is 14.6 Å². The molecule has 0 amide bonds. The average molecular weight is 374 g/mol. The van der Waals surface area contributed by atoms with Gasteiger partial charge in [0.1, 0.15) is 5.56 Å². The van der Waals surface area contributed by atoms with Gasteiger partial charge in [-0.15, -0.1) is 0 Å².